The van der Waals surface area contributed by atoms with E-state index in [1.54, 1.807) is 24.3 Å². The van der Waals surface area contributed by atoms with Gasteiger partial charge in [0, 0.05) is 41.5 Å². The van der Waals surface area contributed by atoms with Crippen molar-refractivity contribution >= 4 is 54.8 Å². The first-order valence-electron chi connectivity index (χ1n) is 15.2. The van der Waals surface area contributed by atoms with Crippen molar-refractivity contribution in [3.8, 4) is 23.1 Å². The maximum atomic E-state index is 14.3. The van der Waals surface area contributed by atoms with Gasteiger partial charge in [0.1, 0.15) is 17.9 Å². The molecule has 0 amide bonds. The van der Waals surface area contributed by atoms with Gasteiger partial charge in [-0.25, -0.2) is 9.78 Å². The molecule has 0 aliphatic rings. The highest BCUT2D eigenvalue weighted by Gasteiger charge is 2.23. The number of hydrogen-bond acceptors (Lipinski definition) is 10. The molecule has 0 aliphatic carbocycles. The number of carbonyl (C=O) groups excluding carboxylic acids is 1. The van der Waals surface area contributed by atoms with Crippen molar-refractivity contribution in [2.24, 2.45) is 0 Å². The van der Waals surface area contributed by atoms with Crippen molar-refractivity contribution in [1.82, 2.24) is 13.5 Å². The highest BCUT2D eigenvalue weighted by molar-refractivity contribution is 7.14. The average Bonchev–Trinajstić information content (AvgIpc) is 3.32. The zero-order chi connectivity index (χ0) is 33.6. The lowest BCUT2D eigenvalue weighted by Gasteiger charge is -2.19. The van der Waals surface area contributed by atoms with Gasteiger partial charge in [-0.3, -0.25) is 18.1 Å². The van der Waals surface area contributed by atoms with Crippen LogP contribution in [-0.4, -0.2) is 62.7 Å². The van der Waals surface area contributed by atoms with Crippen LogP contribution in [0.15, 0.2) is 39.9 Å². The first-order chi connectivity index (χ1) is 21.7. The molecule has 0 N–H and O–H groups in total. The minimum atomic E-state index is -1.41. The van der Waals surface area contributed by atoms with Gasteiger partial charge >= 0.3 is 5.97 Å². The molecule has 4 rings (SSSR count). The van der Waals surface area contributed by atoms with Crippen LogP contribution in [0.25, 0.3) is 32.4 Å². The molecule has 4 aromatic rings. The van der Waals surface area contributed by atoms with E-state index < -0.39 is 27.7 Å². The molecule has 11 nitrogen and oxygen atoms in total. The van der Waals surface area contributed by atoms with Gasteiger partial charge in [0.15, 0.2) is 12.5 Å². The summed E-state index contributed by atoms with van der Waals surface area (Å²) in [5.41, 5.74) is 0.772. The number of aromatic nitrogens is 3. The Hall–Kier alpha value is -3.62. The third-order valence-electron chi connectivity index (χ3n) is 7.30. The summed E-state index contributed by atoms with van der Waals surface area (Å²) in [6, 6.07) is 12.2. The van der Waals surface area contributed by atoms with Crippen LogP contribution in [0.3, 0.4) is 0 Å². The molecule has 0 radical (unpaired) electrons. The SMILES string of the molecule is COC(=O)c1cc(OCOCC[Si](C)(C)C)c2nc(-c3cccc4c(=O)n(CCC#N)sc34)c(=O)n(COCC[Si](C)(C)C)c2c1. The Bertz CT molecular complexity index is 1880. The van der Waals surface area contributed by atoms with E-state index in [-0.39, 0.29) is 49.1 Å². The average molecular weight is 683 g/mol. The summed E-state index contributed by atoms with van der Waals surface area (Å²) in [5.74, 6) is -0.350. The molecular formula is C32H42N4O7SSi2. The van der Waals surface area contributed by atoms with Crippen molar-refractivity contribution in [1.29, 1.82) is 5.26 Å². The van der Waals surface area contributed by atoms with Crippen molar-refractivity contribution in [2.45, 2.75) is 71.1 Å². The molecule has 46 heavy (non-hydrogen) atoms. The number of nitriles is 1. The Morgan fingerprint density at radius 1 is 1.00 bits per heavy atom. The predicted molar refractivity (Wildman–Crippen MR) is 186 cm³/mol. The largest absolute Gasteiger partial charge is 0.465 e. The molecule has 0 saturated heterocycles. The fourth-order valence-corrected chi connectivity index (χ4v) is 7.22. The molecule has 246 valence electrons. The fourth-order valence-electron chi connectivity index (χ4n) is 4.61. The number of aryl methyl sites for hydroxylation is 1. The Morgan fingerprint density at radius 2 is 1.70 bits per heavy atom. The smallest absolute Gasteiger partial charge is 0.338 e. The third kappa shape index (κ3) is 8.59. The molecule has 2 aromatic carbocycles. The molecular weight excluding hydrogens is 641 g/mol. The van der Waals surface area contributed by atoms with E-state index in [0.29, 0.717) is 39.9 Å². The van der Waals surface area contributed by atoms with Gasteiger partial charge in [-0.05, 0) is 30.3 Å². The number of methoxy groups -OCH3 is 1. The first-order valence-corrected chi connectivity index (χ1v) is 23.4. The second-order valence-electron chi connectivity index (χ2n) is 13.4. The zero-order valence-electron chi connectivity index (χ0n) is 27.6. The lowest BCUT2D eigenvalue weighted by atomic mass is 10.1. The van der Waals surface area contributed by atoms with Crippen LogP contribution in [0.1, 0.15) is 16.8 Å². The number of esters is 1. The molecule has 0 fully saturated rings. The minimum absolute atomic E-state index is 0.0774. The van der Waals surface area contributed by atoms with Gasteiger partial charge in [0.05, 0.1) is 40.8 Å². The van der Waals surface area contributed by atoms with E-state index in [2.05, 4.69) is 45.4 Å². The summed E-state index contributed by atoms with van der Waals surface area (Å²) in [6.07, 6.45) is 0.182. The van der Waals surface area contributed by atoms with Crippen molar-refractivity contribution in [3.05, 3.63) is 56.6 Å². The van der Waals surface area contributed by atoms with Crippen LogP contribution in [-0.2, 0) is 27.5 Å². The Kier molecular flexibility index (Phi) is 11.4. The van der Waals surface area contributed by atoms with Crippen molar-refractivity contribution in [3.63, 3.8) is 0 Å². The third-order valence-corrected chi connectivity index (χ3v) is 11.9. The zero-order valence-corrected chi connectivity index (χ0v) is 30.4. The summed E-state index contributed by atoms with van der Waals surface area (Å²) in [7, 11) is -1.44. The molecule has 0 bridgehead atoms. The topological polar surface area (TPSA) is 135 Å². The molecule has 0 atom stereocenters. The summed E-state index contributed by atoms with van der Waals surface area (Å²) in [5, 5.41) is 9.51. The van der Waals surface area contributed by atoms with Crippen LogP contribution in [0.4, 0.5) is 0 Å². The lowest BCUT2D eigenvalue weighted by Crippen LogP contribution is -2.27. The van der Waals surface area contributed by atoms with E-state index in [4.69, 9.17) is 29.2 Å². The molecule has 2 heterocycles. The second kappa shape index (κ2) is 14.9. The Labute approximate surface area is 274 Å². The molecule has 0 unspecified atom stereocenters. The number of nitrogens with zero attached hydrogens (tertiary/aromatic N) is 4. The first kappa shape index (κ1) is 35.2. The van der Waals surface area contributed by atoms with Crippen molar-refractivity contribution in [2.75, 3.05) is 27.1 Å². The van der Waals surface area contributed by atoms with Crippen molar-refractivity contribution < 1.29 is 23.7 Å². The van der Waals surface area contributed by atoms with Gasteiger partial charge in [-0.2, -0.15) is 5.26 Å². The van der Waals surface area contributed by atoms with E-state index in [9.17, 15) is 14.4 Å². The maximum absolute atomic E-state index is 14.3. The highest BCUT2D eigenvalue weighted by atomic mass is 32.1. The van der Waals surface area contributed by atoms with Crippen LogP contribution in [0.5, 0.6) is 5.75 Å². The Balaban J connectivity index is 1.90. The summed E-state index contributed by atoms with van der Waals surface area (Å²) >= 11 is 1.19. The maximum Gasteiger partial charge on any atom is 0.338 e. The van der Waals surface area contributed by atoms with E-state index in [1.807, 2.05) is 0 Å². The number of benzene rings is 2. The van der Waals surface area contributed by atoms with E-state index in [0.717, 1.165) is 12.1 Å². The number of hydrogen-bond donors (Lipinski definition) is 0. The lowest BCUT2D eigenvalue weighted by molar-refractivity contribution is 0.0226. The summed E-state index contributed by atoms with van der Waals surface area (Å²) in [4.78, 5) is 44.9. The monoisotopic (exact) mass is 682 g/mol. The van der Waals surface area contributed by atoms with Gasteiger partial charge < -0.3 is 18.9 Å². The quantitative estimate of drug-likeness (QED) is 0.0627. The van der Waals surface area contributed by atoms with Gasteiger partial charge in [-0.15, -0.1) is 0 Å². The van der Waals surface area contributed by atoms with Gasteiger partial charge in [-0.1, -0.05) is 62.9 Å². The fraction of sp³-hybridized carbons (Fsp3) is 0.469. The molecule has 14 heteroatoms. The number of fused-ring (bicyclic) bond motifs is 2. The van der Waals surface area contributed by atoms with Gasteiger partial charge in [0.25, 0.3) is 11.1 Å². The number of ether oxygens (including phenoxy) is 4. The van der Waals surface area contributed by atoms with Crippen LogP contribution >= 0.6 is 11.5 Å². The Morgan fingerprint density at radius 3 is 2.35 bits per heavy atom. The number of rotatable bonds is 15. The molecule has 2 aromatic heterocycles. The summed E-state index contributed by atoms with van der Waals surface area (Å²) in [6.45, 7) is 14.6. The normalized spacial score (nSPS) is 12.0. The van der Waals surface area contributed by atoms with E-state index >= 15 is 0 Å². The van der Waals surface area contributed by atoms with Crippen LogP contribution in [0, 0.1) is 11.3 Å². The van der Waals surface area contributed by atoms with Crippen LogP contribution < -0.4 is 15.9 Å². The van der Waals surface area contributed by atoms with E-state index in [1.165, 1.54) is 33.2 Å². The molecule has 0 aliphatic heterocycles. The summed E-state index contributed by atoms with van der Waals surface area (Å²) < 4.78 is 26.5. The van der Waals surface area contributed by atoms with Crippen LogP contribution in [0.2, 0.25) is 51.4 Å². The predicted octanol–water partition coefficient (Wildman–Crippen LogP) is 6.14. The number of carbonyl (C=O) groups is 1. The van der Waals surface area contributed by atoms with Gasteiger partial charge in [0.2, 0.25) is 0 Å². The standard InChI is InChI=1S/C32H42N4O7SSi2/c1-40-32(39)22-18-25-28(26(19-22)43-21-42-15-17-46(5,6)7)34-27(31(38)35(25)20-41-14-16-45(2,3)4)23-10-8-11-24-29(23)44-36(30(24)37)13-9-12-33/h8,10-11,18-19H,9,13-17,20-21H2,1-7H3. The molecule has 0 saturated carbocycles. The second-order valence-corrected chi connectivity index (χ2v) is 25.7. The minimum Gasteiger partial charge on any atom is -0.465 e. The molecule has 0 spiro atoms. The highest BCUT2D eigenvalue weighted by Crippen LogP contribution is 2.32.